The summed E-state index contributed by atoms with van der Waals surface area (Å²) < 4.78 is 61.8. The van der Waals surface area contributed by atoms with Crippen molar-refractivity contribution in [2.75, 3.05) is 12.5 Å². The van der Waals surface area contributed by atoms with E-state index in [4.69, 9.17) is 9.47 Å². The molecule has 1 heterocycles. The minimum atomic E-state index is -4.04. The van der Waals surface area contributed by atoms with Crippen LogP contribution in [0.15, 0.2) is 0 Å². The second kappa shape index (κ2) is 10.8. The van der Waals surface area contributed by atoms with Crippen molar-refractivity contribution in [3.8, 4) is 0 Å². The zero-order valence-electron chi connectivity index (χ0n) is 22.9. The first-order chi connectivity index (χ1) is 16.9. The molecule has 1 saturated heterocycles. The summed E-state index contributed by atoms with van der Waals surface area (Å²) in [5.74, 6) is -1.08. The maximum Gasteiger partial charge on any atom is 0.311 e. The fraction of sp³-hybridized carbons (Fsp3) is 0.923. The van der Waals surface area contributed by atoms with Gasteiger partial charge in [0.2, 0.25) is 0 Å². The van der Waals surface area contributed by atoms with Crippen LogP contribution in [0.2, 0.25) is 0 Å². The first-order valence-electron chi connectivity index (χ1n) is 13.4. The molecule has 37 heavy (non-hydrogen) atoms. The highest BCUT2D eigenvalue weighted by Crippen LogP contribution is 2.55. The van der Waals surface area contributed by atoms with Gasteiger partial charge in [-0.05, 0) is 63.7 Å². The second-order valence-corrected chi connectivity index (χ2v) is 17.3. The quantitative estimate of drug-likeness (QED) is 0.440. The van der Waals surface area contributed by atoms with Crippen LogP contribution in [0.3, 0.4) is 0 Å². The van der Waals surface area contributed by atoms with E-state index < -0.39 is 59.4 Å². The summed E-state index contributed by atoms with van der Waals surface area (Å²) in [6.45, 7) is 7.51. The summed E-state index contributed by atoms with van der Waals surface area (Å²) in [6, 6.07) is 0. The Morgan fingerprint density at radius 3 is 2.27 bits per heavy atom. The Morgan fingerprint density at radius 2 is 1.73 bits per heavy atom. The lowest BCUT2D eigenvalue weighted by Gasteiger charge is -2.53. The molecule has 214 valence electrons. The molecule has 2 aliphatic carbocycles. The van der Waals surface area contributed by atoms with Crippen LogP contribution in [0.25, 0.3) is 0 Å². The van der Waals surface area contributed by atoms with E-state index in [1.165, 1.54) is 0 Å². The van der Waals surface area contributed by atoms with Gasteiger partial charge in [0, 0.05) is 31.3 Å². The maximum atomic E-state index is 13.2. The highest BCUT2D eigenvalue weighted by molar-refractivity contribution is 8.09. The number of carbonyl (C=O) groups is 2. The zero-order chi connectivity index (χ0) is 28.0. The molecule has 0 aromatic rings. The summed E-state index contributed by atoms with van der Waals surface area (Å²) >= 11 is 0. The molecule has 1 N–H and O–H groups in total. The van der Waals surface area contributed by atoms with Crippen molar-refractivity contribution < 1.29 is 41.0 Å². The highest BCUT2D eigenvalue weighted by atomic mass is 32.3. The Morgan fingerprint density at radius 1 is 1.11 bits per heavy atom. The lowest BCUT2D eigenvalue weighted by Crippen LogP contribution is -2.59. The van der Waals surface area contributed by atoms with E-state index >= 15 is 0 Å². The molecule has 3 aliphatic rings. The van der Waals surface area contributed by atoms with Crippen LogP contribution >= 0.6 is 0 Å². The molecule has 3 rings (SSSR count). The Hall–Kier alpha value is -1.20. The molecule has 7 atom stereocenters. The first kappa shape index (κ1) is 30.3. The van der Waals surface area contributed by atoms with E-state index in [0.717, 1.165) is 18.9 Å². The molecule has 0 amide bonds. The van der Waals surface area contributed by atoms with E-state index in [0.29, 0.717) is 32.1 Å². The van der Waals surface area contributed by atoms with Crippen LogP contribution in [-0.2, 0) is 38.7 Å². The molecule has 9 nitrogen and oxygen atoms in total. The van der Waals surface area contributed by atoms with Crippen LogP contribution < -0.4 is 0 Å². The number of esters is 2. The van der Waals surface area contributed by atoms with Gasteiger partial charge in [-0.2, -0.15) is 0 Å². The van der Waals surface area contributed by atoms with Gasteiger partial charge in [-0.1, -0.05) is 20.3 Å². The Labute approximate surface area is 221 Å². The predicted molar refractivity (Wildman–Crippen MR) is 139 cm³/mol. The molecule has 11 heteroatoms. The number of carbonyl (C=O) groups excluding carboxylic acids is 2. The average Bonchev–Trinajstić information content (AvgIpc) is 2.76. The van der Waals surface area contributed by atoms with E-state index in [9.17, 15) is 31.5 Å². The van der Waals surface area contributed by atoms with E-state index in [2.05, 4.69) is 6.92 Å². The third kappa shape index (κ3) is 6.19. The molecule has 0 unspecified atom stereocenters. The fourth-order valence-corrected chi connectivity index (χ4v) is 10.9. The second-order valence-electron chi connectivity index (χ2n) is 12.4. The van der Waals surface area contributed by atoms with Crippen molar-refractivity contribution in [2.45, 2.75) is 108 Å². The molecule has 1 aliphatic heterocycles. The van der Waals surface area contributed by atoms with Gasteiger partial charge < -0.3 is 14.6 Å². The van der Waals surface area contributed by atoms with Crippen molar-refractivity contribution in [1.82, 2.24) is 0 Å². The summed E-state index contributed by atoms with van der Waals surface area (Å²) in [5.41, 5.74) is -0.798. The third-order valence-electron chi connectivity index (χ3n) is 9.38. The molecule has 0 aromatic heterocycles. The fourth-order valence-electron chi connectivity index (χ4n) is 6.69. The number of rotatable bonds is 8. The topological polar surface area (TPSA) is 141 Å². The largest absolute Gasteiger partial charge is 0.462 e. The minimum Gasteiger partial charge on any atom is -0.462 e. The van der Waals surface area contributed by atoms with Crippen LogP contribution in [0.1, 0.15) is 85.5 Å². The van der Waals surface area contributed by atoms with Gasteiger partial charge in [0.15, 0.2) is 23.8 Å². The molecule has 2 saturated carbocycles. The van der Waals surface area contributed by atoms with Crippen molar-refractivity contribution in [3.05, 3.63) is 0 Å². The summed E-state index contributed by atoms with van der Waals surface area (Å²) in [7, 11) is -8.09. The van der Waals surface area contributed by atoms with Crippen LogP contribution in [0, 0.1) is 29.1 Å². The molecule has 0 radical (unpaired) electrons. The minimum absolute atomic E-state index is 0.00860. The van der Waals surface area contributed by atoms with Crippen molar-refractivity contribution in [2.24, 2.45) is 29.1 Å². The predicted octanol–water partition coefficient (Wildman–Crippen LogP) is 3.04. The number of fused-ring (bicyclic) bond motifs is 1. The average molecular weight is 565 g/mol. The van der Waals surface area contributed by atoms with Gasteiger partial charge in [-0.15, -0.1) is 0 Å². The molecule has 0 aromatic carbocycles. The molecule has 0 spiro atoms. The van der Waals surface area contributed by atoms with Crippen molar-refractivity contribution in [3.63, 3.8) is 0 Å². The number of aliphatic hydroxyl groups is 1. The number of aliphatic hydroxyl groups excluding tert-OH is 1. The number of cyclic esters (lactones) is 1. The third-order valence-corrected chi connectivity index (χ3v) is 14.6. The van der Waals surface area contributed by atoms with Crippen LogP contribution in [0.5, 0.6) is 0 Å². The van der Waals surface area contributed by atoms with Gasteiger partial charge in [0.1, 0.15) is 12.2 Å². The molecule has 0 bridgehead atoms. The molecular weight excluding hydrogens is 520 g/mol. The first-order valence-corrected chi connectivity index (χ1v) is 17.2. The number of hydrogen-bond acceptors (Lipinski definition) is 9. The normalized spacial score (nSPS) is 34.8. The monoisotopic (exact) mass is 564 g/mol. The number of ether oxygens (including phenoxy) is 2. The molecule has 3 fully saturated rings. The van der Waals surface area contributed by atoms with E-state index in [-0.39, 0.29) is 42.9 Å². The number of sulfone groups is 2. The van der Waals surface area contributed by atoms with Gasteiger partial charge in [0.25, 0.3) is 0 Å². The summed E-state index contributed by atoms with van der Waals surface area (Å²) in [4.78, 5) is 25.0. The molecular formula is C26H44O9S2. The Kier molecular flexibility index (Phi) is 8.82. The van der Waals surface area contributed by atoms with Crippen molar-refractivity contribution in [1.29, 1.82) is 0 Å². The van der Waals surface area contributed by atoms with Gasteiger partial charge in [0.05, 0.1) is 17.9 Å². The van der Waals surface area contributed by atoms with Gasteiger partial charge >= 0.3 is 11.9 Å². The summed E-state index contributed by atoms with van der Waals surface area (Å²) in [6.07, 6.45) is 3.14. The summed E-state index contributed by atoms with van der Waals surface area (Å²) in [5, 5.41) is 10.0. The van der Waals surface area contributed by atoms with Gasteiger partial charge in [-0.3, -0.25) is 9.59 Å². The SMILES string of the molecule is CCC(C)(C)C(=O)O[C@H]1CC(S(C)(=O)=O)(S(C)(=O)=O)C[C@@H]2CC[C@H](C)[C@H](CC[C@H]3C[C@@H](O)CC(=O)O3)[C@H]21. The smallest absolute Gasteiger partial charge is 0.311 e. The van der Waals surface area contributed by atoms with Gasteiger partial charge in [-0.25, -0.2) is 16.8 Å². The highest BCUT2D eigenvalue weighted by Gasteiger charge is 2.61. The standard InChI is InChI=1S/C26H44O9S2/c1-7-25(3,4)24(29)35-21-15-26(36(5,30)31,37(6,32)33)14-17-9-8-16(2)20(23(17)21)11-10-19-12-18(27)13-22(28)34-19/h16-21,23,27H,7-15H2,1-6H3/t16-,17-,18+,19-,20-,21-,23-/m0/s1. The number of hydrogen-bond donors (Lipinski definition) is 1. The van der Waals surface area contributed by atoms with Crippen molar-refractivity contribution >= 4 is 31.6 Å². The maximum absolute atomic E-state index is 13.2. The lowest BCUT2D eigenvalue weighted by atomic mass is 9.59. The van der Waals surface area contributed by atoms with E-state index in [1.54, 1.807) is 13.8 Å². The zero-order valence-corrected chi connectivity index (χ0v) is 24.6. The van der Waals surface area contributed by atoms with E-state index in [1.807, 2.05) is 6.92 Å². The van der Waals surface area contributed by atoms with Crippen LogP contribution in [0.4, 0.5) is 0 Å². The van der Waals surface area contributed by atoms with Crippen LogP contribution in [-0.4, -0.2) is 68.8 Å². The lowest BCUT2D eigenvalue weighted by molar-refractivity contribution is -0.172. The Balaban J connectivity index is 1.98. The Bertz CT molecular complexity index is 1050.